The minimum atomic E-state index is -1.06. The first-order valence-electron chi connectivity index (χ1n) is 6.37. The molecule has 1 N–H and O–H groups in total. The second-order valence-electron chi connectivity index (χ2n) is 4.36. The van der Waals surface area contributed by atoms with Crippen LogP contribution in [0.5, 0.6) is 17.2 Å². The summed E-state index contributed by atoms with van der Waals surface area (Å²) in [5.41, 5.74) is 0.914. The van der Waals surface area contributed by atoms with E-state index < -0.39 is 5.97 Å². The highest BCUT2D eigenvalue weighted by Crippen LogP contribution is 2.37. The van der Waals surface area contributed by atoms with Gasteiger partial charge in [0.05, 0.1) is 33.8 Å². The molecule has 0 aromatic heterocycles. The SMILES string of the molecule is CC[NH+](CC(=O)[O-])Cc1cc(OC)c(OC)c(OC)c1. The fraction of sp³-hybridized carbons (Fsp3) is 0.500. The third-order valence-electron chi connectivity index (χ3n) is 3.07. The Morgan fingerprint density at radius 2 is 1.70 bits per heavy atom. The molecule has 1 atom stereocenters. The number of aliphatic carboxylic acids is 1. The van der Waals surface area contributed by atoms with E-state index in [1.165, 1.54) is 0 Å². The van der Waals surface area contributed by atoms with Gasteiger partial charge in [0.1, 0.15) is 13.1 Å². The van der Waals surface area contributed by atoms with Crippen molar-refractivity contribution in [3.05, 3.63) is 17.7 Å². The smallest absolute Gasteiger partial charge is 0.203 e. The maximum atomic E-state index is 10.7. The zero-order valence-electron chi connectivity index (χ0n) is 12.3. The molecule has 1 rings (SSSR count). The van der Waals surface area contributed by atoms with Crippen LogP contribution in [0.15, 0.2) is 12.1 Å². The van der Waals surface area contributed by atoms with Gasteiger partial charge in [-0.2, -0.15) is 0 Å². The van der Waals surface area contributed by atoms with Crippen LogP contribution in [0, 0.1) is 0 Å². The predicted octanol–water partition coefficient (Wildman–Crippen LogP) is -1.13. The van der Waals surface area contributed by atoms with E-state index in [4.69, 9.17) is 14.2 Å². The summed E-state index contributed by atoms with van der Waals surface area (Å²) in [7, 11) is 4.64. The van der Waals surface area contributed by atoms with Gasteiger partial charge in [-0.15, -0.1) is 0 Å². The number of carboxylic acids is 1. The van der Waals surface area contributed by atoms with Crippen LogP contribution in [0.2, 0.25) is 0 Å². The first-order valence-corrected chi connectivity index (χ1v) is 6.37. The number of methoxy groups -OCH3 is 3. The molecule has 6 nitrogen and oxygen atoms in total. The van der Waals surface area contributed by atoms with Gasteiger partial charge in [-0.25, -0.2) is 0 Å². The molecular formula is C14H21NO5. The zero-order chi connectivity index (χ0) is 15.1. The molecule has 1 aromatic carbocycles. The molecule has 0 spiro atoms. The molecule has 0 aliphatic heterocycles. The Kier molecular flexibility index (Phi) is 6.11. The average Bonchev–Trinajstić information content (AvgIpc) is 2.44. The van der Waals surface area contributed by atoms with Crippen molar-refractivity contribution < 1.29 is 29.0 Å². The number of benzene rings is 1. The molecule has 0 heterocycles. The fourth-order valence-corrected chi connectivity index (χ4v) is 2.04. The summed E-state index contributed by atoms with van der Waals surface area (Å²) in [6, 6.07) is 3.65. The van der Waals surface area contributed by atoms with Crippen LogP contribution in [0.3, 0.4) is 0 Å². The van der Waals surface area contributed by atoms with E-state index in [1.807, 2.05) is 19.1 Å². The number of carbonyl (C=O) groups excluding carboxylic acids is 1. The van der Waals surface area contributed by atoms with Crippen molar-refractivity contribution in [2.45, 2.75) is 13.5 Å². The highest BCUT2D eigenvalue weighted by Gasteiger charge is 2.16. The Hall–Kier alpha value is -1.95. The minimum Gasteiger partial charge on any atom is -0.544 e. The summed E-state index contributed by atoms with van der Waals surface area (Å²) in [6.07, 6.45) is 0. The standard InChI is InChI=1S/C14H21NO5/c1-5-15(9-13(16)17)8-10-6-11(18-2)14(20-4)12(7-10)19-3/h6-7H,5,8-9H2,1-4H3,(H,16,17). The van der Waals surface area contributed by atoms with E-state index >= 15 is 0 Å². The van der Waals surface area contributed by atoms with E-state index in [0.29, 0.717) is 30.3 Å². The van der Waals surface area contributed by atoms with E-state index in [1.54, 1.807) is 21.3 Å². The number of ether oxygens (including phenoxy) is 3. The lowest BCUT2D eigenvalue weighted by molar-refractivity contribution is -0.906. The molecule has 0 aliphatic rings. The number of likely N-dealkylation sites (N-methyl/N-ethyl adjacent to an activating group) is 1. The van der Waals surface area contributed by atoms with Gasteiger partial charge < -0.3 is 29.0 Å². The van der Waals surface area contributed by atoms with Gasteiger partial charge in [-0.1, -0.05) is 0 Å². The molecule has 1 unspecified atom stereocenters. The molecule has 0 radical (unpaired) electrons. The summed E-state index contributed by atoms with van der Waals surface area (Å²) in [5.74, 6) is 0.586. The van der Waals surface area contributed by atoms with Crippen LogP contribution in [-0.2, 0) is 11.3 Å². The monoisotopic (exact) mass is 283 g/mol. The lowest BCUT2D eigenvalue weighted by atomic mass is 10.1. The van der Waals surface area contributed by atoms with Crippen LogP contribution in [-0.4, -0.2) is 40.4 Å². The lowest BCUT2D eigenvalue weighted by Crippen LogP contribution is -3.11. The number of hydrogen-bond donors (Lipinski definition) is 1. The Bertz CT molecular complexity index is 436. The molecule has 0 fully saturated rings. The van der Waals surface area contributed by atoms with Gasteiger partial charge in [-0.3, -0.25) is 0 Å². The van der Waals surface area contributed by atoms with E-state index in [0.717, 1.165) is 10.5 Å². The van der Waals surface area contributed by atoms with Crippen molar-refractivity contribution in [3.63, 3.8) is 0 Å². The topological polar surface area (TPSA) is 72.3 Å². The van der Waals surface area contributed by atoms with Crippen LogP contribution >= 0.6 is 0 Å². The molecule has 112 valence electrons. The summed E-state index contributed by atoms with van der Waals surface area (Å²) >= 11 is 0. The number of rotatable bonds is 8. The minimum absolute atomic E-state index is 0.0346. The maximum Gasteiger partial charge on any atom is 0.203 e. The van der Waals surface area contributed by atoms with Gasteiger partial charge in [-0.05, 0) is 19.1 Å². The fourth-order valence-electron chi connectivity index (χ4n) is 2.04. The van der Waals surface area contributed by atoms with Gasteiger partial charge >= 0.3 is 0 Å². The van der Waals surface area contributed by atoms with Crippen LogP contribution in [0.4, 0.5) is 0 Å². The van der Waals surface area contributed by atoms with Gasteiger partial charge in [0.15, 0.2) is 11.5 Å². The van der Waals surface area contributed by atoms with Crippen LogP contribution in [0.25, 0.3) is 0 Å². The third kappa shape index (κ3) is 4.03. The Balaban J connectivity index is 3.03. The second kappa shape index (κ2) is 7.59. The van der Waals surface area contributed by atoms with Crippen molar-refractivity contribution in [1.82, 2.24) is 0 Å². The molecular weight excluding hydrogens is 262 g/mol. The normalized spacial score (nSPS) is 11.8. The van der Waals surface area contributed by atoms with Crippen molar-refractivity contribution in [3.8, 4) is 17.2 Å². The van der Waals surface area contributed by atoms with Crippen LogP contribution < -0.4 is 24.2 Å². The first kappa shape index (κ1) is 16.1. The molecule has 0 amide bonds. The number of nitrogens with one attached hydrogen (secondary N) is 1. The number of carboxylic acid groups (broad SMARTS) is 1. The summed E-state index contributed by atoms with van der Waals surface area (Å²) in [6.45, 7) is 3.12. The van der Waals surface area contributed by atoms with Crippen molar-refractivity contribution in [1.29, 1.82) is 0 Å². The second-order valence-corrected chi connectivity index (χ2v) is 4.36. The molecule has 0 aliphatic carbocycles. The van der Waals surface area contributed by atoms with Crippen molar-refractivity contribution in [2.75, 3.05) is 34.4 Å². The number of hydrogen-bond acceptors (Lipinski definition) is 5. The Morgan fingerprint density at radius 1 is 1.15 bits per heavy atom. The average molecular weight is 283 g/mol. The largest absolute Gasteiger partial charge is 0.544 e. The van der Waals surface area contributed by atoms with Crippen molar-refractivity contribution in [2.24, 2.45) is 0 Å². The van der Waals surface area contributed by atoms with Gasteiger partial charge in [0, 0.05) is 5.56 Å². The molecule has 1 aromatic rings. The van der Waals surface area contributed by atoms with E-state index in [9.17, 15) is 9.90 Å². The van der Waals surface area contributed by atoms with Crippen LogP contribution in [0.1, 0.15) is 12.5 Å². The summed E-state index contributed by atoms with van der Waals surface area (Å²) in [5, 5.41) is 10.7. The maximum absolute atomic E-state index is 10.7. The Labute approximate surface area is 118 Å². The first-order chi connectivity index (χ1) is 9.55. The highest BCUT2D eigenvalue weighted by atomic mass is 16.5. The van der Waals surface area contributed by atoms with Gasteiger partial charge in [0.2, 0.25) is 5.75 Å². The quantitative estimate of drug-likeness (QED) is 0.653. The summed E-state index contributed by atoms with van der Waals surface area (Å²) in [4.78, 5) is 11.6. The zero-order valence-corrected chi connectivity index (χ0v) is 12.3. The Morgan fingerprint density at radius 3 is 2.05 bits per heavy atom. The number of quaternary nitrogens is 1. The molecule has 6 heteroatoms. The lowest BCUT2D eigenvalue weighted by Gasteiger charge is -2.20. The van der Waals surface area contributed by atoms with E-state index in [2.05, 4.69) is 0 Å². The van der Waals surface area contributed by atoms with Gasteiger partial charge in [0.25, 0.3) is 0 Å². The third-order valence-corrected chi connectivity index (χ3v) is 3.07. The molecule has 0 saturated heterocycles. The molecule has 0 bridgehead atoms. The molecule has 20 heavy (non-hydrogen) atoms. The highest BCUT2D eigenvalue weighted by molar-refractivity contribution is 5.65. The predicted molar refractivity (Wildman–Crippen MR) is 71.2 cm³/mol. The van der Waals surface area contributed by atoms with E-state index in [-0.39, 0.29) is 6.54 Å². The molecule has 0 saturated carbocycles. The van der Waals surface area contributed by atoms with Crippen molar-refractivity contribution >= 4 is 5.97 Å². The number of carbonyl (C=O) groups is 1. The summed E-state index contributed by atoms with van der Waals surface area (Å²) < 4.78 is 15.8.